The quantitative estimate of drug-likeness (QED) is 0.100. The van der Waals surface area contributed by atoms with E-state index in [2.05, 4.69) is 16.0 Å². The second-order valence-corrected chi connectivity index (χ2v) is 8.62. The molecule has 0 saturated heterocycles. The molecular weight excluding hydrogens is 488 g/mol. The summed E-state index contributed by atoms with van der Waals surface area (Å²) >= 11 is 0. The maximum absolute atomic E-state index is 13.0. The van der Waals surface area contributed by atoms with Gasteiger partial charge in [-0.3, -0.25) is 19.2 Å². The number of carboxylic acids is 1. The van der Waals surface area contributed by atoms with Gasteiger partial charge < -0.3 is 48.5 Å². The van der Waals surface area contributed by atoms with E-state index in [-0.39, 0.29) is 18.6 Å². The summed E-state index contributed by atoms with van der Waals surface area (Å²) in [7, 11) is 0. The van der Waals surface area contributed by atoms with Crippen LogP contribution in [0, 0.1) is 0 Å². The number of carbonyl (C=O) groups is 5. The molecule has 0 heterocycles. The van der Waals surface area contributed by atoms with Gasteiger partial charge in [0.2, 0.25) is 23.6 Å². The van der Waals surface area contributed by atoms with Crippen LogP contribution in [-0.2, 0) is 30.4 Å². The second kappa shape index (κ2) is 15.4. The number of unbranched alkanes of at least 4 members (excludes halogenated alkanes) is 1. The number of hydrogen-bond donors (Lipinski definition) is 9. The van der Waals surface area contributed by atoms with Gasteiger partial charge in [-0.2, -0.15) is 0 Å². The highest BCUT2D eigenvalue weighted by atomic mass is 16.4. The summed E-state index contributed by atoms with van der Waals surface area (Å²) in [5.41, 5.74) is 17.3. The summed E-state index contributed by atoms with van der Waals surface area (Å²) in [6.07, 6.45) is -0.974. The van der Waals surface area contributed by atoms with Crippen LogP contribution in [0.5, 0.6) is 5.75 Å². The van der Waals surface area contributed by atoms with Gasteiger partial charge in [0.25, 0.3) is 0 Å². The van der Waals surface area contributed by atoms with Crippen LogP contribution in [-0.4, -0.2) is 81.7 Å². The monoisotopic (exact) mass is 524 g/mol. The summed E-state index contributed by atoms with van der Waals surface area (Å²) < 4.78 is 0. The molecule has 0 radical (unpaired) electrons. The maximum Gasteiger partial charge on any atom is 0.328 e. The van der Waals surface area contributed by atoms with Crippen molar-refractivity contribution < 1.29 is 39.3 Å². The predicted octanol–water partition coefficient (Wildman–Crippen LogP) is -2.81. The molecule has 14 nitrogen and oxygen atoms in total. The van der Waals surface area contributed by atoms with Crippen molar-refractivity contribution in [3.63, 3.8) is 0 Å². The molecule has 0 saturated carbocycles. The fourth-order valence-corrected chi connectivity index (χ4v) is 3.34. The number of nitrogens with two attached hydrogens (primary N) is 3. The van der Waals surface area contributed by atoms with Crippen molar-refractivity contribution in [1.82, 2.24) is 16.0 Å². The number of amides is 4. The molecule has 1 aromatic carbocycles. The Morgan fingerprint density at radius 1 is 0.919 bits per heavy atom. The lowest BCUT2D eigenvalue weighted by Gasteiger charge is -2.25. The van der Waals surface area contributed by atoms with Crippen molar-refractivity contribution >= 4 is 29.6 Å². The molecule has 0 aliphatic carbocycles. The molecule has 5 unspecified atom stereocenters. The van der Waals surface area contributed by atoms with Gasteiger partial charge in [-0.25, -0.2) is 4.79 Å². The van der Waals surface area contributed by atoms with Crippen LogP contribution >= 0.6 is 0 Å². The number of rotatable bonds is 16. The zero-order valence-electron chi connectivity index (χ0n) is 20.6. The average molecular weight is 525 g/mol. The third-order valence-electron chi connectivity index (χ3n) is 5.39. The highest BCUT2D eigenvalue weighted by molar-refractivity contribution is 5.96. The number of aliphatic carboxylic acids is 1. The van der Waals surface area contributed by atoms with E-state index in [0.717, 1.165) is 0 Å². The number of phenols is 1. The number of aliphatic hydroxyl groups excluding tert-OH is 1. The van der Waals surface area contributed by atoms with Gasteiger partial charge >= 0.3 is 5.97 Å². The van der Waals surface area contributed by atoms with Gasteiger partial charge in [-0.15, -0.1) is 0 Å². The fraction of sp³-hybridized carbons (Fsp3) is 0.522. The number of carboxylic acid groups (broad SMARTS) is 1. The second-order valence-electron chi connectivity index (χ2n) is 8.62. The molecule has 37 heavy (non-hydrogen) atoms. The summed E-state index contributed by atoms with van der Waals surface area (Å²) in [5.74, 6) is -4.91. The van der Waals surface area contributed by atoms with Crippen LogP contribution in [0.4, 0.5) is 0 Å². The van der Waals surface area contributed by atoms with Crippen LogP contribution in [0.15, 0.2) is 24.3 Å². The van der Waals surface area contributed by atoms with E-state index < -0.39 is 66.3 Å². The zero-order chi connectivity index (χ0) is 28.1. The molecule has 0 aliphatic rings. The average Bonchev–Trinajstić information content (AvgIpc) is 2.81. The first-order valence-corrected chi connectivity index (χ1v) is 11.7. The van der Waals surface area contributed by atoms with Crippen LogP contribution in [0.25, 0.3) is 0 Å². The molecule has 4 amide bonds. The Morgan fingerprint density at radius 2 is 1.49 bits per heavy atom. The van der Waals surface area contributed by atoms with Crippen LogP contribution < -0.4 is 33.2 Å². The smallest absolute Gasteiger partial charge is 0.328 e. The molecule has 14 heteroatoms. The number of aromatic hydroxyl groups is 1. The first-order valence-electron chi connectivity index (χ1n) is 11.7. The molecular formula is C23H36N6O8. The number of benzene rings is 1. The van der Waals surface area contributed by atoms with E-state index >= 15 is 0 Å². The topological polar surface area (TPSA) is 260 Å². The van der Waals surface area contributed by atoms with E-state index in [4.69, 9.17) is 17.2 Å². The molecule has 12 N–H and O–H groups in total. The Morgan fingerprint density at radius 3 is 2.00 bits per heavy atom. The van der Waals surface area contributed by atoms with Crippen molar-refractivity contribution in [2.75, 3.05) is 6.54 Å². The van der Waals surface area contributed by atoms with Gasteiger partial charge in [0.05, 0.1) is 18.6 Å². The number of primary amides is 1. The molecule has 0 fully saturated rings. The predicted molar refractivity (Wildman–Crippen MR) is 132 cm³/mol. The van der Waals surface area contributed by atoms with Crippen molar-refractivity contribution in [3.8, 4) is 5.75 Å². The molecule has 0 aliphatic heterocycles. The number of phenolic OH excluding ortho intramolecular Hbond substituents is 1. The third-order valence-corrected chi connectivity index (χ3v) is 5.39. The Hall–Kier alpha value is -3.75. The first kappa shape index (κ1) is 31.3. The van der Waals surface area contributed by atoms with Gasteiger partial charge in [-0.1, -0.05) is 12.1 Å². The molecule has 0 aromatic heterocycles. The van der Waals surface area contributed by atoms with Crippen molar-refractivity contribution in [2.24, 2.45) is 17.2 Å². The standard InChI is InChI=1S/C23H36N6O8/c1-12(30)19(23(36)37)29-21(34)16(4-2-3-9-24)27-22(35)17(11-18(26)32)28-20(33)15(25)10-13-5-7-14(31)8-6-13/h5-8,12,15-17,19,30-31H,2-4,9-11,24-25H2,1H3,(H2,26,32)(H,27,35)(H,28,33)(H,29,34)(H,36,37). The Labute approximate surface area is 213 Å². The number of aliphatic hydroxyl groups is 1. The highest BCUT2D eigenvalue weighted by Gasteiger charge is 2.32. The van der Waals surface area contributed by atoms with Gasteiger partial charge in [0.15, 0.2) is 6.04 Å². The first-order chi connectivity index (χ1) is 17.3. The minimum Gasteiger partial charge on any atom is -0.508 e. The molecule has 206 valence electrons. The SMILES string of the molecule is CC(O)C(NC(=O)C(CCCCN)NC(=O)C(CC(N)=O)NC(=O)C(N)Cc1ccc(O)cc1)C(=O)O. The molecule has 0 spiro atoms. The summed E-state index contributed by atoms with van der Waals surface area (Å²) in [4.78, 5) is 61.2. The van der Waals surface area contributed by atoms with Crippen LogP contribution in [0.3, 0.4) is 0 Å². The number of nitrogens with one attached hydrogen (secondary N) is 3. The van der Waals surface area contributed by atoms with Gasteiger partial charge in [0, 0.05) is 0 Å². The van der Waals surface area contributed by atoms with Crippen LogP contribution in [0.2, 0.25) is 0 Å². The summed E-state index contributed by atoms with van der Waals surface area (Å²) in [6.45, 7) is 1.49. The van der Waals surface area contributed by atoms with Crippen molar-refractivity contribution in [3.05, 3.63) is 29.8 Å². The Kier molecular flexibility index (Phi) is 13.0. The normalized spacial score (nSPS) is 14.9. The highest BCUT2D eigenvalue weighted by Crippen LogP contribution is 2.11. The molecule has 5 atom stereocenters. The van der Waals surface area contributed by atoms with Crippen molar-refractivity contribution in [1.29, 1.82) is 0 Å². The third kappa shape index (κ3) is 11.2. The largest absolute Gasteiger partial charge is 0.508 e. The summed E-state index contributed by atoms with van der Waals surface area (Å²) in [5, 5.41) is 35.2. The van der Waals surface area contributed by atoms with E-state index in [1.807, 2.05) is 0 Å². The van der Waals surface area contributed by atoms with Gasteiger partial charge in [-0.05, 0) is 56.8 Å². The van der Waals surface area contributed by atoms with Gasteiger partial charge in [0.1, 0.15) is 17.8 Å². The molecule has 1 rings (SSSR count). The Bertz CT molecular complexity index is 940. The molecule has 1 aromatic rings. The lowest BCUT2D eigenvalue weighted by molar-refractivity contribution is -0.145. The number of carbonyl (C=O) groups excluding carboxylic acids is 4. The maximum atomic E-state index is 13.0. The fourth-order valence-electron chi connectivity index (χ4n) is 3.34. The minimum atomic E-state index is -1.62. The minimum absolute atomic E-state index is 0.0353. The molecule has 0 bridgehead atoms. The van der Waals surface area contributed by atoms with E-state index in [9.17, 15) is 39.3 Å². The zero-order valence-corrected chi connectivity index (χ0v) is 20.6. The number of hydrogen-bond acceptors (Lipinski definition) is 9. The summed E-state index contributed by atoms with van der Waals surface area (Å²) in [6, 6.07) is 0.526. The van der Waals surface area contributed by atoms with E-state index in [1.54, 1.807) is 12.1 Å². The van der Waals surface area contributed by atoms with E-state index in [0.29, 0.717) is 24.9 Å². The lowest BCUT2D eigenvalue weighted by Crippen LogP contribution is -2.58. The lowest BCUT2D eigenvalue weighted by atomic mass is 10.0. The van der Waals surface area contributed by atoms with Crippen LogP contribution in [0.1, 0.15) is 38.2 Å². The van der Waals surface area contributed by atoms with Crippen molar-refractivity contribution in [2.45, 2.75) is 69.3 Å². The Balaban J connectivity index is 2.98. The van der Waals surface area contributed by atoms with E-state index in [1.165, 1.54) is 19.1 Å².